The lowest BCUT2D eigenvalue weighted by Gasteiger charge is -2.21. The fourth-order valence-corrected chi connectivity index (χ4v) is 2.48. The molecule has 98 valence electrons. The average molecular weight is 321 g/mol. The van der Waals surface area contributed by atoms with Gasteiger partial charge in [0.25, 0.3) is 0 Å². The zero-order chi connectivity index (χ0) is 13.8. The molecule has 4 nitrogen and oxygen atoms in total. The van der Waals surface area contributed by atoms with Crippen LogP contribution in [-0.4, -0.2) is 23.1 Å². The smallest absolute Gasteiger partial charge is 0.335 e. The predicted molar refractivity (Wildman–Crippen MR) is 77.4 cm³/mol. The summed E-state index contributed by atoms with van der Waals surface area (Å²) in [6, 6.07) is 8.92. The van der Waals surface area contributed by atoms with Crippen LogP contribution in [-0.2, 0) is 6.54 Å². The first-order chi connectivity index (χ1) is 9.08. The van der Waals surface area contributed by atoms with Gasteiger partial charge in [0.15, 0.2) is 0 Å². The number of pyridine rings is 1. The van der Waals surface area contributed by atoms with Crippen molar-refractivity contribution in [2.45, 2.75) is 6.54 Å². The highest BCUT2D eigenvalue weighted by molar-refractivity contribution is 9.10. The number of carboxylic acids is 1. The normalized spacial score (nSPS) is 10.2. The van der Waals surface area contributed by atoms with Crippen LogP contribution in [0.1, 0.15) is 15.9 Å². The third-order valence-electron chi connectivity index (χ3n) is 2.77. The summed E-state index contributed by atoms with van der Waals surface area (Å²) in [5.74, 6) is -0.927. The van der Waals surface area contributed by atoms with Crippen molar-refractivity contribution < 1.29 is 9.90 Å². The molecular formula is C14H13BrN2O2. The molecule has 0 aliphatic rings. The van der Waals surface area contributed by atoms with E-state index in [9.17, 15) is 4.79 Å². The summed E-state index contributed by atoms with van der Waals surface area (Å²) >= 11 is 3.41. The minimum Gasteiger partial charge on any atom is -0.478 e. The molecule has 1 aromatic heterocycles. The fourth-order valence-electron chi connectivity index (χ4n) is 1.80. The number of hydrogen-bond acceptors (Lipinski definition) is 3. The van der Waals surface area contributed by atoms with Gasteiger partial charge in [0.1, 0.15) is 0 Å². The second-order valence-electron chi connectivity index (χ2n) is 4.18. The van der Waals surface area contributed by atoms with Crippen molar-refractivity contribution in [3.63, 3.8) is 0 Å². The maximum atomic E-state index is 10.9. The molecule has 0 saturated heterocycles. The second kappa shape index (κ2) is 5.84. The number of aromatic nitrogens is 1. The fraction of sp³-hybridized carbons (Fsp3) is 0.143. The van der Waals surface area contributed by atoms with Gasteiger partial charge in [-0.15, -0.1) is 0 Å². The summed E-state index contributed by atoms with van der Waals surface area (Å²) in [6.07, 6.45) is 3.51. The Kier molecular flexibility index (Phi) is 4.16. The standard InChI is InChI=1S/C14H13BrN2O2/c1-17(9-10-4-6-16-7-5-10)13-3-2-11(14(18)19)8-12(13)15/h2-8H,9H2,1H3,(H,18,19). The van der Waals surface area contributed by atoms with Gasteiger partial charge in [-0.2, -0.15) is 0 Å². The predicted octanol–water partition coefficient (Wildman–Crippen LogP) is 3.18. The molecule has 0 fully saturated rings. The highest BCUT2D eigenvalue weighted by Gasteiger charge is 2.10. The first-order valence-electron chi connectivity index (χ1n) is 5.71. The van der Waals surface area contributed by atoms with E-state index in [0.29, 0.717) is 0 Å². The number of aromatic carboxylic acids is 1. The zero-order valence-electron chi connectivity index (χ0n) is 10.4. The van der Waals surface area contributed by atoms with Crippen LogP contribution in [0, 0.1) is 0 Å². The maximum absolute atomic E-state index is 10.9. The number of anilines is 1. The van der Waals surface area contributed by atoms with Crippen molar-refractivity contribution in [2.75, 3.05) is 11.9 Å². The number of hydrogen-bond donors (Lipinski definition) is 1. The summed E-state index contributed by atoms with van der Waals surface area (Å²) in [5.41, 5.74) is 2.36. The molecule has 2 rings (SSSR count). The van der Waals surface area contributed by atoms with Gasteiger partial charge in [-0.1, -0.05) is 0 Å². The molecule has 0 aliphatic heterocycles. The van der Waals surface area contributed by atoms with E-state index in [1.165, 1.54) is 0 Å². The number of benzene rings is 1. The van der Waals surface area contributed by atoms with Gasteiger partial charge in [-0.3, -0.25) is 4.98 Å². The molecule has 5 heteroatoms. The Morgan fingerprint density at radius 2 is 2.00 bits per heavy atom. The van der Waals surface area contributed by atoms with Crippen molar-refractivity contribution in [1.82, 2.24) is 4.98 Å². The first-order valence-corrected chi connectivity index (χ1v) is 6.50. The molecule has 1 heterocycles. The molecule has 0 saturated carbocycles. The summed E-state index contributed by atoms with van der Waals surface area (Å²) in [4.78, 5) is 16.9. The molecule has 0 spiro atoms. The Bertz CT molecular complexity index is 587. The van der Waals surface area contributed by atoms with Crippen LogP contribution in [0.25, 0.3) is 0 Å². The van der Waals surface area contributed by atoms with Crippen LogP contribution in [0.2, 0.25) is 0 Å². The summed E-state index contributed by atoms with van der Waals surface area (Å²) in [7, 11) is 1.96. The van der Waals surface area contributed by atoms with Crippen LogP contribution in [0.15, 0.2) is 47.2 Å². The van der Waals surface area contributed by atoms with Gasteiger partial charge < -0.3 is 10.0 Å². The Balaban J connectivity index is 2.20. The third-order valence-corrected chi connectivity index (χ3v) is 3.41. The van der Waals surface area contributed by atoms with Crippen molar-refractivity contribution in [1.29, 1.82) is 0 Å². The van der Waals surface area contributed by atoms with Gasteiger partial charge in [-0.25, -0.2) is 4.79 Å². The van der Waals surface area contributed by atoms with Crippen LogP contribution >= 0.6 is 15.9 Å². The molecule has 2 aromatic rings. The lowest BCUT2D eigenvalue weighted by molar-refractivity contribution is 0.0697. The van der Waals surface area contributed by atoms with Gasteiger partial charge in [0.05, 0.1) is 11.3 Å². The van der Waals surface area contributed by atoms with E-state index < -0.39 is 5.97 Å². The van der Waals surface area contributed by atoms with Crippen molar-refractivity contribution in [3.05, 3.63) is 58.3 Å². The van der Waals surface area contributed by atoms with Gasteiger partial charge in [0, 0.05) is 30.5 Å². The molecule has 1 aromatic carbocycles. The van der Waals surface area contributed by atoms with E-state index in [1.54, 1.807) is 30.6 Å². The van der Waals surface area contributed by atoms with E-state index in [2.05, 4.69) is 20.9 Å². The van der Waals surface area contributed by atoms with E-state index in [0.717, 1.165) is 22.3 Å². The van der Waals surface area contributed by atoms with Crippen molar-refractivity contribution in [3.8, 4) is 0 Å². The molecule has 0 aliphatic carbocycles. The highest BCUT2D eigenvalue weighted by Crippen LogP contribution is 2.27. The number of nitrogens with zero attached hydrogens (tertiary/aromatic N) is 2. The summed E-state index contributed by atoms with van der Waals surface area (Å²) < 4.78 is 0.768. The Morgan fingerprint density at radius 1 is 1.32 bits per heavy atom. The number of rotatable bonds is 4. The van der Waals surface area contributed by atoms with E-state index in [-0.39, 0.29) is 5.56 Å². The van der Waals surface area contributed by atoms with E-state index in [4.69, 9.17) is 5.11 Å². The topological polar surface area (TPSA) is 53.4 Å². The van der Waals surface area contributed by atoms with Crippen LogP contribution in [0.3, 0.4) is 0 Å². The largest absolute Gasteiger partial charge is 0.478 e. The maximum Gasteiger partial charge on any atom is 0.335 e. The first kappa shape index (κ1) is 13.5. The Labute approximate surface area is 119 Å². The SMILES string of the molecule is CN(Cc1ccncc1)c1ccc(C(=O)O)cc1Br. The quantitative estimate of drug-likeness (QED) is 0.940. The molecule has 0 unspecified atom stereocenters. The minimum atomic E-state index is -0.927. The van der Waals surface area contributed by atoms with E-state index in [1.807, 2.05) is 24.1 Å². The lowest BCUT2D eigenvalue weighted by atomic mass is 10.2. The lowest BCUT2D eigenvalue weighted by Crippen LogP contribution is -2.17. The van der Waals surface area contributed by atoms with Crippen molar-refractivity contribution >= 4 is 27.6 Å². The van der Waals surface area contributed by atoms with Crippen LogP contribution in [0.4, 0.5) is 5.69 Å². The molecule has 0 atom stereocenters. The van der Waals surface area contributed by atoms with Crippen LogP contribution < -0.4 is 4.90 Å². The monoisotopic (exact) mass is 320 g/mol. The molecule has 0 radical (unpaired) electrons. The average Bonchev–Trinajstić information content (AvgIpc) is 2.39. The number of carboxylic acid groups (broad SMARTS) is 1. The molecule has 0 bridgehead atoms. The second-order valence-corrected chi connectivity index (χ2v) is 5.04. The Hall–Kier alpha value is -1.88. The van der Waals surface area contributed by atoms with Gasteiger partial charge in [-0.05, 0) is 51.8 Å². The van der Waals surface area contributed by atoms with Gasteiger partial charge >= 0.3 is 5.97 Å². The van der Waals surface area contributed by atoms with Gasteiger partial charge in [0.2, 0.25) is 0 Å². The highest BCUT2D eigenvalue weighted by atomic mass is 79.9. The van der Waals surface area contributed by atoms with E-state index >= 15 is 0 Å². The number of halogens is 1. The molecule has 19 heavy (non-hydrogen) atoms. The number of carbonyl (C=O) groups is 1. The van der Waals surface area contributed by atoms with Crippen LogP contribution in [0.5, 0.6) is 0 Å². The zero-order valence-corrected chi connectivity index (χ0v) is 12.0. The minimum absolute atomic E-state index is 0.271. The third kappa shape index (κ3) is 3.32. The van der Waals surface area contributed by atoms with Crippen molar-refractivity contribution in [2.24, 2.45) is 0 Å². The molecular weight excluding hydrogens is 308 g/mol. The molecule has 0 amide bonds. The summed E-state index contributed by atoms with van der Waals surface area (Å²) in [6.45, 7) is 0.730. The Morgan fingerprint density at radius 3 is 2.58 bits per heavy atom. The molecule has 1 N–H and O–H groups in total. The summed E-state index contributed by atoms with van der Waals surface area (Å²) in [5, 5.41) is 8.93.